The number of para-hydroxylation sites is 1. The summed E-state index contributed by atoms with van der Waals surface area (Å²) in [6, 6.07) is 6.48. The van der Waals surface area contributed by atoms with Gasteiger partial charge in [0.15, 0.2) is 0 Å². The summed E-state index contributed by atoms with van der Waals surface area (Å²) in [5.74, 6) is -2.71. The molecular formula is C16H16FN3O5. The van der Waals surface area contributed by atoms with E-state index in [1.54, 1.807) is 0 Å². The molecule has 0 bridgehead atoms. The molecule has 9 heteroatoms. The molecule has 0 aliphatic carbocycles. The minimum atomic E-state index is -1.23. The number of carbonyl (C=O) groups excluding carboxylic acids is 1. The molecule has 1 aromatic heterocycles. The van der Waals surface area contributed by atoms with Crippen LogP contribution in [0, 0.1) is 5.82 Å². The van der Waals surface area contributed by atoms with Gasteiger partial charge in [0.05, 0.1) is 0 Å². The predicted octanol–water partition coefficient (Wildman–Crippen LogP) is 0.591. The first-order valence-electron chi connectivity index (χ1n) is 7.32. The van der Waals surface area contributed by atoms with E-state index in [-0.39, 0.29) is 24.4 Å². The molecule has 0 saturated heterocycles. The zero-order chi connectivity index (χ0) is 18.4. The van der Waals surface area contributed by atoms with Gasteiger partial charge in [0.2, 0.25) is 0 Å². The molecule has 0 saturated carbocycles. The maximum Gasteiger partial charge on any atom is 0.326 e. The molecule has 0 aliphatic heterocycles. The fraction of sp³-hybridized carbons (Fsp3) is 0.250. The Balaban J connectivity index is 2.29. The van der Waals surface area contributed by atoms with Crippen molar-refractivity contribution in [2.45, 2.75) is 12.5 Å². The van der Waals surface area contributed by atoms with Gasteiger partial charge in [-0.15, -0.1) is 0 Å². The van der Waals surface area contributed by atoms with Crippen molar-refractivity contribution in [3.8, 4) is 5.69 Å². The van der Waals surface area contributed by atoms with Crippen LogP contribution in [0.1, 0.15) is 16.9 Å². The highest BCUT2D eigenvalue weighted by molar-refractivity contribution is 5.94. The van der Waals surface area contributed by atoms with Crippen molar-refractivity contribution < 1.29 is 23.8 Å². The molecule has 2 rings (SSSR count). The predicted molar refractivity (Wildman–Crippen MR) is 85.2 cm³/mol. The second-order valence-electron chi connectivity index (χ2n) is 5.07. The molecule has 1 amide bonds. The number of nitrogens with zero attached hydrogens (tertiary/aromatic N) is 2. The Morgan fingerprint density at radius 3 is 2.68 bits per heavy atom. The number of carboxylic acids is 1. The lowest BCUT2D eigenvalue weighted by Gasteiger charge is -2.14. The molecule has 0 fully saturated rings. The van der Waals surface area contributed by atoms with Crippen LogP contribution >= 0.6 is 0 Å². The minimum Gasteiger partial charge on any atom is -0.480 e. The summed E-state index contributed by atoms with van der Waals surface area (Å²) < 4.78 is 19.4. The fourth-order valence-electron chi connectivity index (χ4n) is 2.05. The smallest absolute Gasteiger partial charge is 0.326 e. The van der Waals surface area contributed by atoms with Crippen LogP contribution in [0.4, 0.5) is 4.39 Å². The fourth-order valence-corrected chi connectivity index (χ4v) is 2.05. The number of carbonyl (C=O) groups is 2. The molecule has 1 unspecified atom stereocenters. The lowest BCUT2D eigenvalue weighted by atomic mass is 10.2. The second kappa shape index (κ2) is 8.15. The van der Waals surface area contributed by atoms with Gasteiger partial charge in [-0.25, -0.2) is 9.18 Å². The van der Waals surface area contributed by atoms with Crippen molar-refractivity contribution >= 4 is 11.9 Å². The van der Waals surface area contributed by atoms with Gasteiger partial charge in [0, 0.05) is 26.2 Å². The standard InChI is InChI=1S/C16H16FN3O5/c1-25-9-8-12(16(23)24)18-15(22)11-6-7-14(21)20(19-11)13-5-3-2-4-10(13)17/h2-7,12H,8-9H2,1H3,(H,18,22)(H,23,24). The number of halogens is 1. The lowest BCUT2D eigenvalue weighted by Crippen LogP contribution is -2.42. The Morgan fingerprint density at radius 2 is 2.04 bits per heavy atom. The van der Waals surface area contributed by atoms with E-state index in [4.69, 9.17) is 9.84 Å². The molecule has 25 heavy (non-hydrogen) atoms. The highest BCUT2D eigenvalue weighted by Gasteiger charge is 2.21. The summed E-state index contributed by atoms with van der Waals surface area (Å²) in [7, 11) is 1.41. The van der Waals surface area contributed by atoms with E-state index < -0.39 is 29.3 Å². The molecule has 2 aromatic rings. The van der Waals surface area contributed by atoms with E-state index in [2.05, 4.69) is 10.4 Å². The van der Waals surface area contributed by atoms with E-state index in [9.17, 15) is 18.8 Å². The number of hydrogen-bond acceptors (Lipinski definition) is 5. The summed E-state index contributed by atoms with van der Waals surface area (Å²) in [4.78, 5) is 35.3. The van der Waals surface area contributed by atoms with Gasteiger partial charge in [-0.3, -0.25) is 9.59 Å². The third kappa shape index (κ3) is 4.48. The largest absolute Gasteiger partial charge is 0.480 e. The molecule has 0 radical (unpaired) electrons. The SMILES string of the molecule is COCCC(NC(=O)c1ccc(=O)n(-c2ccccc2F)n1)C(=O)O. The Kier molecular flexibility index (Phi) is 5.96. The highest BCUT2D eigenvalue weighted by atomic mass is 19.1. The second-order valence-corrected chi connectivity index (χ2v) is 5.07. The van der Waals surface area contributed by atoms with Crippen molar-refractivity contribution in [2.24, 2.45) is 0 Å². The first-order chi connectivity index (χ1) is 11.9. The molecule has 1 aromatic carbocycles. The van der Waals surface area contributed by atoms with Crippen molar-refractivity contribution in [1.29, 1.82) is 0 Å². The van der Waals surface area contributed by atoms with Gasteiger partial charge in [0.1, 0.15) is 23.2 Å². The zero-order valence-corrected chi connectivity index (χ0v) is 13.3. The van der Waals surface area contributed by atoms with Crippen LogP contribution in [0.5, 0.6) is 0 Å². The minimum absolute atomic E-state index is 0.0600. The van der Waals surface area contributed by atoms with Gasteiger partial charge < -0.3 is 15.2 Å². The normalized spacial score (nSPS) is 11.8. The number of aromatic nitrogens is 2. The quantitative estimate of drug-likeness (QED) is 0.757. The van der Waals surface area contributed by atoms with Crippen molar-refractivity contribution in [1.82, 2.24) is 15.1 Å². The number of amides is 1. The Morgan fingerprint density at radius 1 is 1.32 bits per heavy atom. The van der Waals surface area contributed by atoms with E-state index in [0.717, 1.165) is 22.9 Å². The van der Waals surface area contributed by atoms with Gasteiger partial charge in [-0.1, -0.05) is 12.1 Å². The first kappa shape index (κ1) is 18.3. The number of benzene rings is 1. The number of methoxy groups -OCH3 is 1. The third-order valence-electron chi connectivity index (χ3n) is 3.33. The van der Waals surface area contributed by atoms with Crippen LogP contribution in [0.25, 0.3) is 5.69 Å². The molecule has 1 heterocycles. The van der Waals surface area contributed by atoms with Crippen LogP contribution in [0.3, 0.4) is 0 Å². The first-order valence-corrected chi connectivity index (χ1v) is 7.32. The van der Waals surface area contributed by atoms with Crippen LogP contribution in [-0.2, 0) is 9.53 Å². The van der Waals surface area contributed by atoms with Crippen molar-refractivity contribution in [2.75, 3.05) is 13.7 Å². The number of hydrogen-bond donors (Lipinski definition) is 2. The number of carboxylic acid groups (broad SMARTS) is 1. The highest BCUT2D eigenvalue weighted by Crippen LogP contribution is 2.09. The maximum absolute atomic E-state index is 13.9. The molecule has 8 nitrogen and oxygen atoms in total. The third-order valence-corrected chi connectivity index (χ3v) is 3.33. The van der Waals surface area contributed by atoms with Crippen LogP contribution in [0.15, 0.2) is 41.2 Å². The summed E-state index contributed by atoms with van der Waals surface area (Å²) in [6.45, 7) is 0.138. The van der Waals surface area contributed by atoms with Crippen LogP contribution < -0.4 is 10.9 Å². The van der Waals surface area contributed by atoms with Gasteiger partial charge in [0.25, 0.3) is 11.5 Å². The van der Waals surface area contributed by atoms with E-state index in [1.165, 1.54) is 25.3 Å². The Labute approximate surface area is 141 Å². The van der Waals surface area contributed by atoms with Gasteiger partial charge >= 0.3 is 5.97 Å². The summed E-state index contributed by atoms with van der Waals surface area (Å²) in [5.41, 5.74) is -0.960. The zero-order valence-electron chi connectivity index (χ0n) is 13.3. The molecule has 2 N–H and O–H groups in total. The topological polar surface area (TPSA) is 111 Å². The van der Waals surface area contributed by atoms with E-state index >= 15 is 0 Å². The Bertz CT molecular complexity index is 837. The Hall–Kier alpha value is -3.07. The monoisotopic (exact) mass is 349 g/mol. The van der Waals surface area contributed by atoms with E-state index in [0.29, 0.717) is 0 Å². The molecule has 1 atom stereocenters. The van der Waals surface area contributed by atoms with Gasteiger partial charge in [-0.2, -0.15) is 9.78 Å². The number of nitrogens with one attached hydrogen (secondary N) is 1. The van der Waals surface area contributed by atoms with Crippen LogP contribution in [0.2, 0.25) is 0 Å². The maximum atomic E-state index is 13.9. The van der Waals surface area contributed by atoms with Crippen LogP contribution in [-0.4, -0.2) is 46.5 Å². The number of ether oxygens (including phenoxy) is 1. The van der Waals surface area contributed by atoms with E-state index in [1.807, 2.05) is 0 Å². The summed E-state index contributed by atoms with van der Waals surface area (Å²) in [6.07, 6.45) is 0.0600. The number of rotatable bonds is 7. The average molecular weight is 349 g/mol. The number of aliphatic carboxylic acids is 1. The van der Waals surface area contributed by atoms with Crippen molar-refractivity contribution in [3.05, 3.63) is 58.3 Å². The van der Waals surface area contributed by atoms with Gasteiger partial charge in [-0.05, 0) is 18.2 Å². The average Bonchev–Trinajstić information content (AvgIpc) is 2.59. The molecular weight excluding hydrogens is 333 g/mol. The summed E-state index contributed by atoms with van der Waals surface area (Å²) >= 11 is 0. The molecule has 132 valence electrons. The molecule has 0 aliphatic rings. The molecule has 0 spiro atoms. The lowest BCUT2D eigenvalue weighted by molar-refractivity contribution is -0.139. The summed E-state index contributed by atoms with van der Waals surface area (Å²) in [5, 5.41) is 15.2. The van der Waals surface area contributed by atoms with Crippen molar-refractivity contribution in [3.63, 3.8) is 0 Å².